The topological polar surface area (TPSA) is 29.1 Å². The number of halogens is 3. The molecule has 1 amide bonds. The lowest BCUT2D eigenvalue weighted by Crippen LogP contribution is -2.25. The van der Waals surface area contributed by atoms with Gasteiger partial charge in [0.15, 0.2) is 11.6 Å². The van der Waals surface area contributed by atoms with Gasteiger partial charge in [-0.1, -0.05) is 40.2 Å². The van der Waals surface area contributed by atoms with Crippen LogP contribution in [0, 0.1) is 11.6 Å². The fourth-order valence-corrected chi connectivity index (χ4v) is 1.99. The van der Waals surface area contributed by atoms with Gasteiger partial charge in [0.05, 0.1) is 6.42 Å². The van der Waals surface area contributed by atoms with Crippen LogP contribution < -0.4 is 5.32 Å². The van der Waals surface area contributed by atoms with E-state index in [-0.39, 0.29) is 17.9 Å². The Kier molecular flexibility index (Phi) is 4.84. The Balaban J connectivity index is 1.92. The van der Waals surface area contributed by atoms with Crippen molar-refractivity contribution >= 4 is 21.8 Å². The van der Waals surface area contributed by atoms with E-state index >= 15 is 0 Å². The van der Waals surface area contributed by atoms with E-state index in [1.807, 2.05) is 24.3 Å². The number of rotatable bonds is 4. The summed E-state index contributed by atoms with van der Waals surface area (Å²) in [6.07, 6.45) is -0.180. The predicted molar refractivity (Wildman–Crippen MR) is 76.1 cm³/mol. The Morgan fingerprint density at radius 3 is 2.50 bits per heavy atom. The van der Waals surface area contributed by atoms with Gasteiger partial charge in [-0.25, -0.2) is 8.78 Å². The van der Waals surface area contributed by atoms with E-state index in [1.165, 1.54) is 12.1 Å². The first-order valence-electron chi connectivity index (χ1n) is 6.00. The van der Waals surface area contributed by atoms with E-state index in [9.17, 15) is 13.6 Å². The summed E-state index contributed by atoms with van der Waals surface area (Å²) in [5, 5.41) is 2.67. The Morgan fingerprint density at radius 1 is 1.10 bits per heavy atom. The summed E-state index contributed by atoms with van der Waals surface area (Å²) >= 11 is 3.32. The van der Waals surface area contributed by atoms with E-state index in [4.69, 9.17) is 0 Å². The molecule has 1 N–H and O–H groups in total. The molecule has 0 bridgehead atoms. The molecule has 0 aliphatic carbocycles. The molecule has 0 saturated heterocycles. The summed E-state index contributed by atoms with van der Waals surface area (Å²) in [5.74, 6) is -2.26. The fraction of sp³-hybridized carbons (Fsp3) is 0.133. The Bertz CT molecular complexity index is 614. The molecule has 2 aromatic carbocycles. The van der Waals surface area contributed by atoms with E-state index in [2.05, 4.69) is 21.2 Å². The Morgan fingerprint density at radius 2 is 1.80 bits per heavy atom. The zero-order chi connectivity index (χ0) is 14.5. The van der Waals surface area contributed by atoms with Crippen LogP contribution in [0.1, 0.15) is 11.1 Å². The van der Waals surface area contributed by atoms with Gasteiger partial charge in [-0.3, -0.25) is 4.79 Å². The quantitative estimate of drug-likeness (QED) is 0.906. The molecule has 0 fully saturated rings. The molecule has 0 aromatic heterocycles. The zero-order valence-electron chi connectivity index (χ0n) is 10.5. The van der Waals surface area contributed by atoms with Crippen LogP contribution in [0.4, 0.5) is 8.78 Å². The molecule has 0 saturated carbocycles. The molecule has 0 aliphatic rings. The molecule has 0 aliphatic heterocycles. The number of hydrogen-bond donors (Lipinski definition) is 1. The number of carbonyl (C=O) groups is 1. The minimum Gasteiger partial charge on any atom is -0.352 e. The second-order valence-corrected chi connectivity index (χ2v) is 5.21. The molecule has 2 aromatic rings. The average Bonchev–Trinajstić information content (AvgIpc) is 2.43. The maximum absolute atomic E-state index is 13.4. The lowest BCUT2D eigenvalue weighted by Gasteiger charge is -2.07. The molecule has 0 atom stereocenters. The molecule has 0 radical (unpaired) electrons. The van der Waals surface area contributed by atoms with Crippen molar-refractivity contribution in [1.82, 2.24) is 5.32 Å². The van der Waals surface area contributed by atoms with Crippen LogP contribution in [0.15, 0.2) is 46.9 Å². The Hall–Kier alpha value is -1.75. The second kappa shape index (κ2) is 6.61. The molecule has 2 rings (SSSR count). The van der Waals surface area contributed by atoms with Crippen LogP contribution in [-0.4, -0.2) is 5.91 Å². The first-order chi connectivity index (χ1) is 9.56. The minimum atomic E-state index is -0.966. The number of amides is 1. The summed E-state index contributed by atoms with van der Waals surface area (Å²) < 4.78 is 27.4. The van der Waals surface area contributed by atoms with Gasteiger partial charge < -0.3 is 5.32 Å². The standard InChI is InChI=1S/C15H12BrF2NO/c16-12-6-4-10(5-7-12)9-19-14(20)8-11-2-1-3-13(17)15(11)18/h1-7H,8-9H2,(H,19,20). The number of benzene rings is 2. The SMILES string of the molecule is O=C(Cc1cccc(F)c1F)NCc1ccc(Br)cc1. The molecule has 0 unspecified atom stereocenters. The molecule has 0 spiro atoms. The molecular weight excluding hydrogens is 328 g/mol. The van der Waals surface area contributed by atoms with Crippen LogP contribution in [0.25, 0.3) is 0 Å². The first-order valence-corrected chi connectivity index (χ1v) is 6.79. The number of nitrogens with one attached hydrogen (secondary N) is 1. The molecule has 0 heterocycles. The summed E-state index contributed by atoms with van der Waals surface area (Å²) in [7, 11) is 0. The van der Waals surface area contributed by atoms with Crippen molar-refractivity contribution in [3.8, 4) is 0 Å². The number of carbonyl (C=O) groups excluding carboxylic acids is 1. The van der Waals surface area contributed by atoms with Crippen LogP contribution in [0.2, 0.25) is 0 Å². The van der Waals surface area contributed by atoms with Gasteiger partial charge in [0, 0.05) is 16.6 Å². The largest absolute Gasteiger partial charge is 0.352 e. The lowest BCUT2D eigenvalue weighted by atomic mass is 10.1. The third kappa shape index (κ3) is 3.87. The highest BCUT2D eigenvalue weighted by molar-refractivity contribution is 9.10. The van der Waals surface area contributed by atoms with Gasteiger partial charge in [0.2, 0.25) is 5.91 Å². The van der Waals surface area contributed by atoms with Crippen molar-refractivity contribution in [1.29, 1.82) is 0 Å². The van der Waals surface area contributed by atoms with Crippen LogP contribution >= 0.6 is 15.9 Å². The predicted octanol–water partition coefficient (Wildman–Crippen LogP) is 3.59. The highest BCUT2D eigenvalue weighted by atomic mass is 79.9. The van der Waals surface area contributed by atoms with Crippen molar-refractivity contribution in [3.63, 3.8) is 0 Å². The highest BCUT2D eigenvalue weighted by Gasteiger charge is 2.11. The van der Waals surface area contributed by atoms with E-state index in [0.29, 0.717) is 6.54 Å². The summed E-state index contributed by atoms with van der Waals surface area (Å²) in [6, 6.07) is 11.3. The Labute approximate surface area is 123 Å². The van der Waals surface area contributed by atoms with E-state index in [1.54, 1.807) is 0 Å². The molecule has 20 heavy (non-hydrogen) atoms. The molecular formula is C15H12BrF2NO. The summed E-state index contributed by atoms with van der Waals surface area (Å²) in [5.41, 5.74) is 0.986. The van der Waals surface area contributed by atoms with Gasteiger partial charge in [-0.05, 0) is 23.8 Å². The monoisotopic (exact) mass is 339 g/mol. The van der Waals surface area contributed by atoms with Crippen molar-refractivity contribution in [3.05, 3.63) is 69.7 Å². The van der Waals surface area contributed by atoms with Crippen molar-refractivity contribution in [2.45, 2.75) is 13.0 Å². The van der Waals surface area contributed by atoms with Crippen molar-refractivity contribution < 1.29 is 13.6 Å². The summed E-state index contributed by atoms with van der Waals surface area (Å²) in [6.45, 7) is 0.350. The van der Waals surface area contributed by atoms with E-state index in [0.717, 1.165) is 16.1 Å². The van der Waals surface area contributed by atoms with Gasteiger partial charge in [0.1, 0.15) is 0 Å². The smallest absolute Gasteiger partial charge is 0.224 e. The van der Waals surface area contributed by atoms with E-state index < -0.39 is 11.6 Å². The zero-order valence-corrected chi connectivity index (χ0v) is 12.1. The lowest BCUT2D eigenvalue weighted by molar-refractivity contribution is -0.120. The highest BCUT2D eigenvalue weighted by Crippen LogP contribution is 2.12. The van der Waals surface area contributed by atoms with Crippen LogP contribution in [0.3, 0.4) is 0 Å². The van der Waals surface area contributed by atoms with Gasteiger partial charge >= 0.3 is 0 Å². The van der Waals surface area contributed by atoms with Crippen molar-refractivity contribution in [2.24, 2.45) is 0 Å². The third-order valence-corrected chi connectivity index (χ3v) is 3.31. The van der Waals surface area contributed by atoms with Gasteiger partial charge in [-0.15, -0.1) is 0 Å². The maximum Gasteiger partial charge on any atom is 0.224 e. The van der Waals surface area contributed by atoms with Gasteiger partial charge in [-0.2, -0.15) is 0 Å². The first kappa shape index (κ1) is 14.7. The molecule has 5 heteroatoms. The third-order valence-electron chi connectivity index (χ3n) is 2.79. The van der Waals surface area contributed by atoms with Crippen molar-refractivity contribution in [2.75, 3.05) is 0 Å². The second-order valence-electron chi connectivity index (χ2n) is 4.29. The molecule has 104 valence electrons. The normalized spacial score (nSPS) is 10.3. The average molecular weight is 340 g/mol. The van der Waals surface area contributed by atoms with Crippen LogP contribution in [0.5, 0.6) is 0 Å². The fourth-order valence-electron chi connectivity index (χ4n) is 1.72. The number of hydrogen-bond acceptors (Lipinski definition) is 1. The minimum absolute atomic E-state index is 0.0540. The maximum atomic E-state index is 13.4. The van der Waals surface area contributed by atoms with Gasteiger partial charge in [0.25, 0.3) is 0 Å². The summed E-state index contributed by atoms with van der Waals surface area (Å²) in [4.78, 5) is 11.7. The van der Waals surface area contributed by atoms with Crippen LogP contribution in [-0.2, 0) is 17.8 Å². The molecule has 2 nitrogen and oxygen atoms in total.